The van der Waals surface area contributed by atoms with Crippen molar-refractivity contribution in [1.29, 1.82) is 0 Å². The SMILES string of the molecule is CCCn1c(=O)n(CCC(=O)N2CCC(CC(=O)O)CC2)c2ccccc21. The molecular weight excluding hydrogens is 346 g/mol. The number of piperidine rings is 1. The Hall–Kier alpha value is -2.57. The molecule has 2 heterocycles. The van der Waals surface area contributed by atoms with E-state index in [0.29, 0.717) is 26.2 Å². The first-order valence-electron chi connectivity index (χ1n) is 9.69. The zero-order valence-electron chi connectivity index (χ0n) is 15.8. The van der Waals surface area contributed by atoms with Crippen LogP contribution in [0.5, 0.6) is 0 Å². The second-order valence-electron chi connectivity index (χ2n) is 7.25. The number of nitrogens with zero attached hydrogens (tertiary/aromatic N) is 3. The quantitative estimate of drug-likeness (QED) is 0.807. The van der Waals surface area contributed by atoms with Gasteiger partial charge in [-0.3, -0.25) is 18.7 Å². The molecule has 1 aromatic heterocycles. The van der Waals surface area contributed by atoms with Gasteiger partial charge in [-0.1, -0.05) is 19.1 Å². The topological polar surface area (TPSA) is 84.5 Å². The fourth-order valence-corrected chi connectivity index (χ4v) is 3.93. The fourth-order valence-electron chi connectivity index (χ4n) is 3.93. The van der Waals surface area contributed by atoms with Gasteiger partial charge in [0.2, 0.25) is 5.91 Å². The number of carbonyl (C=O) groups is 2. The van der Waals surface area contributed by atoms with Gasteiger partial charge in [0.1, 0.15) is 0 Å². The lowest BCUT2D eigenvalue weighted by Gasteiger charge is -2.31. The monoisotopic (exact) mass is 373 g/mol. The molecule has 0 spiro atoms. The van der Waals surface area contributed by atoms with Gasteiger partial charge in [-0.25, -0.2) is 4.79 Å². The van der Waals surface area contributed by atoms with Gasteiger partial charge in [0.05, 0.1) is 11.0 Å². The van der Waals surface area contributed by atoms with Gasteiger partial charge >= 0.3 is 11.7 Å². The number of aromatic nitrogens is 2. The standard InChI is InChI=1S/C20H27N3O4/c1-2-10-22-16-5-3-4-6-17(16)23(20(22)27)13-9-18(24)21-11-7-15(8-12-21)14-19(25)26/h3-6,15H,2,7-14H2,1H3,(H,25,26). The van der Waals surface area contributed by atoms with Crippen molar-refractivity contribution in [3.05, 3.63) is 34.7 Å². The number of likely N-dealkylation sites (tertiary alicyclic amines) is 1. The summed E-state index contributed by atoms with van der Waals surface area (Å²) < 4.78 is 3.47. The molecule has 0 bridgehead atoms. The van der Waals surface area contributed by atoms with E-state index in [1.165, 1.54) is 0 Å². The van der Waals surface area contributed by atoms with Crippen LogP contribution in [0.15, 0.2) is 29.1 Å². The van der Waals surface area contributed by atoms with E-state index in [9.17, 15) is 14.4 Å². The maximum absolute atomic E-state index is 12.8. The smallest absolute Gasteiger partial charge is 0.329 e. The van der Waals surface area contributed by atoms with Crippen LogP contribution in [0.3, 0.4) is 0 Å². The number of hydrogen-bond donors (Lipinski definition) is 1. The zero-order chi connectivity index (χ0) is 19.4. The number of para-hydroxylation sites is 2. The molecule has 0 aliphatic carbocycles. The lowest BCUT2D eigenvalue weighted by atomic mass is 9.93. The molecule has 1 saturated heterocycles. The van der Waals surface area contributed by atoms with Crippen molar-refractivity contribution >= 4 is 22.9 Å². The predicted octanol–water partition coefficient (Wildman–Crippen LogP) is 2.32. The zero-order valence-corrected chi connectivity index (χ0v) is 15.8. The lowest BCUT2D eigenvalue weighted by Crippen LogP contribution is -2.39. The third kappa shape index (κ3) is 4.23. The number of hydrogen-bond acceptors (Lipinski definition) is 3. The number of imidazole rings is 1. The van der Waals surface area contributed by atoms with Crippen LogP contribution < -0.4 is 5.69 Å². The van der Waals surface area contributed by atoms with E-state index >= 15 is 0 Å². The summed E-state index contributed by atoms with van der Waals surface area (Å²) in [6.07, 6.45) is 2.79. The Morgan fingerprint density at radius 1 is 1.07 bits per heavy atom. The predicted molar refractivity (Wildman–Crippen MR) is 103 cm³/mol. The second-order valence-corrected chi connectivity index (χ2v) is 7.25. The normalized spacial score (nSPS) is 15.4. The number of rotatable bonds is 7. The van der Waals surface area contributed by atoms with Crippen molar-refractivity contribution < 1.29 is 14.7 Å². The van der Waals surface area contributed by atoms with Crippen molar-refractivity contribution in [3.8, 4) is 0 Å². The van der Waals surface area contributed by atoms with Crippen LogP contribution in [0, 0.1) is 5.92 Å². The number of carboxylic acid groups (broad SMARTS) is 1. The van der Waals surface area contributed by atoms with Crippen LogP contribution in [0.25, 0.3) is 11.0 Å². The fraction of sp³-hybridized carbons (Fsp3) is 0.550. The van der Waals surface area contributed by atoms with Gasteiger partial charge in [0.15, 0.2) is 0 Å². The summed E-state index contributed by atoms with van der Waals surface area (Å²) in [4.78, 5) is 37.9. The molecule has 1 aromatic carbocycles. The minimum Gasteiger partial charge on any atom is -0.481 e. The molecule has 0 unspecified atom stereocenters. The number of benzene rings is 1. The van der Waals surface area contributed by atoms with Gasteiger partial charge < -0.3 is 10.0 Å². The van der Waals surface area contributed by atoms with Gasteiger partial charge in [-0.15, -0.1) is 0 Å². The van der Waals surface area contributed by atoms with Crippen LogP contribution in [0.4, 0.5) is 0 Å². The second kappa shape index (κ2) is 8.41. The van der Waals surface area contributed by atoms with Crippen LogP contribution >= 0.6 is 0 Å². The van der Waals surface area contributed by atoms with E-state index in [-0.39, 0.29) is 30.4 Å². The van der Waals surface area contributed by atoms with Crippen LogP contribution in [-0.4, -0.2) is 44.1 Å². The summed E-state index contributed by atoms with van der Waals surface area (Å²) in [7, 11) is 0. The van der Waals surface area contributed by atoms with Crippen molar-refractivity contribution in [2.24, 2.45) is 5.92 Å². The Morgan fingerprint density at radius 2 is 1.67 bits per heavy atom. The Balaban J connectivity index is 1.65. The molecule has 1 N–H and O–H groups in total. The van der Waals surface area contributed by atoms with Crippen molar-refractivity contribution in [2.75, 3.05) is 13.1 Å². The van der Waals surface area contributed by atoms with E-state index in [4.69, 9.17) is 5.11 Å². The molecule has 7 nitrogen and oxygen atoms in total. The number of carboxylic acids is 1. The average molecular weight is 373 g/mol. The molecule has 0 atom stereocenters. The van der Waals surface area contributed by atoms with Crippen LogP contribution in [0.1, 0.15) is 39.0 Å². The number of aryl methyl sites for hydroxylation is 2. The number of carbonyl (C=O) groups excluding carboxylic acids is 1. The van der Waals surface area contributed by atoms with Gasteiger partial charge in [-0.2, -0.15) is 0 Å². The molecule has 0 radical (unpaired) electrons. The lowest BCUT2D eigenvalue weighted by molar-refractivity contribution is -0.138. The first-order valence-corrected chi connectivity index (χ1v) is 9.69. The Labute approximate surface area is 158 Å². The van der Waals surface area contributed by atoms with Gasteiger partial charge in [-0.05, 0) is 37.3 Å². The summed E-state index contributed by atoms with van der Waals surface area (Å²) >= 11 is 0. The molecule has 3 rings (SSSR count). The Morgan fingerprint density at radius 3 is 2.22 bits per heavy atom. The molecule has 7 heteroatoms. The molecule has 2 aromatic rings. The van der Waals surface area contributed by atoms with Crippen molar-refractivity contribution in [1.82, 2.24) is 14.0 Å². The van der Waals surface area contributed by atoms with Gasteiger partial charge in [0.25, 0.3) is 0 Å². The first-order chi connectivity index (χ1) is 13.0. The molecular formula is C20H27N3O4. The highest BCUT2D eigenvalue weighted by Gasteiger charge is 2.24. The average Bonchev–Trinajstić information content (AvgIpc) is 2.92. The highest BCUT2D eigenvalue weighted by molar-refractivity contribution is 5.78. The van der Waals surface area contributed by atoms with E-state index in [1.54, 1.807) is 14.0 Å². The number of aliphatic carboxylic acids is 1. The van der Waals surface area contributed by atoms with Gasteiger partial charge in [0, 0.05) is 39.0 Å². The molecule has 146 valence electrons. The summed E-state index contributed by atoms with van der Waals surface area (Å²) in [5.41, 5.74) is 1.71. The first kappa shape index (κ1) is 19.2. The Bertz CT molecular complexity index is 875. The summed E-state index contributed by atoms with van der Waals surface area (Å²) in [5, 5.41) is 8.89. The molecule has 1 fully saturated rings. The van der Waals surface area contributed by atoms with Crippen molar-refractivity contribution in [2.45, 2.75) is 52.1 Å². The highest BCUT2D eigenvalue weighted by atomic mass is 16.4. The number of fused-ring (bicyclic) bond motifs is 1. The van der Waals surface area contributed by atoms with E-state index in [0.717, 1.165) is 30.3 Å². The minimum absolute atomic E-state index is 0.0306. The summed E-state index contributed by atoms with van der Waals surface area (Å²) in [6, 6.07) is 7.69. The summed E-state index contributed by atoms with van der Waals surface area (Å²) in [6.45, 7) is 4.27. The Kier molecular flexibility index (Phi) is 5.98. The molecule has 1 aliphatic heterocycles. The van der Waals surface area contributed by atoms with Crippen LogP contribution in [-0.2, 0) is 22.7 Å². The largest absolute Gasteiger partial charge is 0.481 e. The van der Waals surface area contributed by atoms with E-state index in [2.05, 4.69) is 0 Å². The third-order valence-corrected chi connectivity index (χ3v) is 5.35. The molecule has 1 amide bonds. The highest BCUT2D eigenvalue weighted by Crippen LogP contribution is 2.21. The maximum Gasteiger partial charge on any atom is 0.329 e. The number of amides is 1. The minimum atomic E-state index is -0.775. The molecule has 27 heavy (non-hydrogen) atoms. The summed E-state index contributed by atoms with van der Waals surface area (Å²) in [5.74, 6) is -0.591. The third-order valence-electron chi connectivity index (χ3n) is 5.35. The van der Waals surface area contributed by atoms with E-state index < -0.39 is 5.97 Å². The van der Waals surface area contributed by atoms with Crippen molar-refractivity contribution in [3.63, 3.8) is 0 Å². The van der Waals surface area contributed by atoms with E-state index in [1.807, 2.05) is 31.2 Å². The van der Waals surface area contributed by atoms with Crippen LogP contribution in [0.2, 0.25) is 0 Å². The molecule has 1 aliphatic rings. The molecule has 0 saturated carbocycles. The maximum atomic E-state index is 12.8.